The monoisotopic (exact) mass is 547 g/mol. The summed E-state index contributed by atoms with van der Waals surface area (Å²) >= 11 is 0. The second-order valence-corrected chi connectivity index (χ2v) is 11.6. The average Bonchev–Trinajstić information content (AvgIpc) is 3.23. The highest BCUT2D eigenvalue weighted by molar-refractivity contribution is 5.86. The molecule has 3 aliphatic rings. The highest BCUT2D eigenvalue weighted by Gasteiger charge is 2.42. The van der Waals surface area contributed by atoms with Gasteiger partial charge in [-0.05, 0) is 64.2 Å². The molecule has 0 aromatic rings. The van der Waals surface area contributed by atoms with Gasteiger partial charge in [0.05, 0.1) is 12.2 Å². The third-order valence-corrected chi connectivity index (χ3v) is 8.10. The van der Waals surface area contributed by atoms with E-state index in [0.29, 0.717) is 12.8 Å². The average molecular weight is 548 g/mol. The SMILES string of the molecule is CCCCC[C@@H](/C=C/[C@H]1C(=O)C[C@H](OC2CCCCO2)[C@@H]1C/C=C\CCCC(=O)N(C)C)OC1CCCCO1. The molecule has 1 saturated carbocycles. The number of rotatable bonds is 16. The number of ether oxygens (including phenoxy) is 4. The molecule has 0 spiro atoms. The van der Waals surface area contributed by atoms with E-state index in [1.165, 1.54) is 6.42 Å². The van der Waals surface area contributed by atoms with E-state index in [1.54, 1.807) is 19.0 Å². The molecule has 2 aliphatic heterocycles. The number of unbranched alkanes of at least 4 members (excludes halogenated alkanes) is 3. The first kappa shape index (κ1) is 32.0. The maximum atomic E-state index is 13.3. The third kappa shape index (κ3) is 11.5. The van der Waals surface area contributed by atoms with Gasteiger partial charge in [0.25, 0.3) is 0 Å². The number of amides is 1. The van der Waals surface area contributed by atoms with Crippen LogP contribution >= 0.6 is 0 Å². The summed E-state index contributed by atoms with van der Waals surface area (Å²) in [5.41, 5.74) is 0. The lowest BCUT2D eigenvalue weighted by Gasteiger charge is -2.29. The number of hydrogen-bond donors (Lipinski definition) is 0. The van der Waals surface area contributed by atoms with Crippen LogP contribution in [-0.4, -0.2) is 68.7 Å². The summed E-state index contributed by atoms with van der Waals surface area (Å²) in [5.74, 6) is 0.276. The summed E-state index contributed by atoms with van der Waals surface area (Å²) in [7, 11) is 3.58. The molecule has 39 heavy (non-hydrogen) atoms. The molecule has 2 saturated heterocycles. The van der Waals surface area contributed by atoms with Gasteiger partial charge < -0.3 is 23.8 Å². The van der Waals surface area contributed by atoms with Gasteiger partial charge >= 0.3 is 0 Å². The topological polar surface area (TPSA) is 74.3 Å². The maximum Gasteiger partial charge on any atom is 0.222 e. The number of Topliss-reactive ketones (excluding diaryl/α,β-unsaturated/α-hetero) is 1. The van der Waals surface area contributed by atoms with Crippen LogP contribution in [0.25, 0.3) is 0 Å². The second kappa shape index (κ2) is 18.0. The second-order valence-electron chi connectivity index (χ2n) is 11.6. The van der Waals surface area contributed by atoms with Crippen molar-refractivity contribution < 1.29 is 28.5 Å². The van der Waals surface area contributed by atoms with Gasteiger partial charge in [-0.25, -0.2) is 0 Å². The normalized spacial score (nSPS) is 28.9. The van der Waals surface area contributed by atoms with E-state index >= 15 is 0 Å². The zero-order valence-electron chi connectivity index (χ0n) is 24.7. The maximum absolute atomic E-state index is 13.3. The predicted molar refractivity (Wildman–Crippen MR) is 153 cm³/mol. The summed E-state index contributed by atoms with van der Waals surface area (Å²) in [5, 5.41) is 0. The highest BCUT2D eigenvalue weighted by atomic mass is 16.7. The molecule has 1 aliphatic carbocycles. The third-order valence-electron chi connectivity index (χ3n) is 8.10. The summed E-state index contributed by atoms with van der Waals surface area (Å²) in [4.78, 5) is 26.8. The van der Waals surface area contributed by atoms with Crippen LogP contribution in [0.2, 0.25) is 0 Å². The number of ketones is 1. The lowest BCUT2D eigenvalue weighted by Crippen LogP contribution is -2.31. The molecular formula is C32H53NO6. The Kier molecular flexibility index (Phi) is 14.8. The highest BCUT2D eigenvalue weighted by Crippen LogP contribution is 2.37. The van der Waals surface area contributed by atoms with Crippen molar-refractivity contribution in [1.29, 1.82) is 0 Å². The van der Waals surface area contributed by atoms with Gasteiger partial charge in [0.2, 0.25) is 5.91 Å². The zero-order chi connectivity index (χ0) is 27.9. The van der Waals surface area contributed by atoms with Crippen molar-refractivity contribution in [2.24, 2.45) is 11.8 Å². The van der Waals surface area contributed by atoms with E-state index in [9.17, 15) is 9.59 Å². The zero-order valence-corrected chi connectivity index (χ0v) is 24.7. The van der Waals surface area contributed by atoms with Gasteiger partial charge in [-0.1, -0.05) is 50.5 Å². The first-order chi connectivity index (χ1) is 19.0. The fraction of sp³-hybridized carbons (Fsp3) is 0.812. The summed E-state index contributed by atoms with van der Waals surface area (Å²) in [6.07, 6.45) is 22.1. The predicted octanol–water partition coefficient (Wildman–Crippen LogP) is 6.36. The summed E-state index contributed by atoms with van der Waals surface area (Å²) < 4.78 is 24.5. The molecule has 2 heterocycles. The minimum Gasteiger partial charge on any atom is -0.353 e. The van der Waals surface area contributed by atoms with Gasteiger partial charge in [-0.2, -0.15) is 0 Å². The lowest BCUT2D eigenvalue weighted by molar-refractivity contribution is -0.195. The minimum atomic E-state index is -0.212. The smallest absolute Gasteiger partial charge is 0.222 e. The molecule has 1 amide bonds. The van der Waals surface area contributed by atoms with Crippen LogP contribution in [0.15, 0.2) is 24.3 Å². The van der Waals surface area contributed by atoms with E-state index in [4.69, 9.17) is 18.9 Å². The van der Waals surface area contributed by atoms with Gasteiger partial charge in [0, 0.05) is 52.0 Å². The van der Waals surface area contributed by atoms with Gasteiger partial charge in [0.1, 0.15) is 5.78 Å². The van der Waals surface area contributed by atoms with Crippen molar-refractivity contribution in [3.05, 3.63) is 24.3 Å². The molecule has 7 nitrogen and oxygen atoms in total. The van der Waals surface area contributed by atoms with Crippen molar-refractivity contribution in [2.45, 2.75) is 128 Å². The van der Waals surface area contributed by atoms with E-state index in [2.05, 4.69) is 31.2 Å². The molecule has 7 heteroatoms. The van der Waals surface area contributed by atoms with E-state index in [0.717, 1.165) is 90.3 Å². The van der Waals surface area contributed by atoms with Crippen molar-refractivity contribution in [2.75, 3.05) is 27.3 Å². The van der Waals surface area contributed by atoms with E-state index in [-0.39, 0.29) is 48.3 Å². The Morgan fingerprint density at radius 3 is 2.44 bits per heavy atom. The molecule has 3 fully saturated rings. The van der Waals surface area contributed by atoms with E-state index < -0.39 is 0 Å². The summed E-state index contributed by atoms with van der Waals surface area (Å²) in [6.45, 7) is 3.70. The van der Waals surface area contributed by atoms with Crippen LogP contribution < -0.4 is 0 Å². The minimum absolute atomic E-state index is 0.0421. The standard InChI is InChI=1S/C32H53NO6/c1-4-5-8-15-25(38-31-18-11-13-22-36-31)20-21-26-27(16-9-6-7-10-17-30(35)33(2)3)29(24-28(26)34)39-32-19-12-14-23-37-32/h6,9,20-21,25-27,29,31-32H,4-5,7-8,10-19,22-24H2,1-3H3/b9-6-,21-20+/t25-,26+,27+,29-,31?,32?/m0/s1. The van der Waals surface area contributed by atoms with Crippen molar-refractivity contribution >= 4 is 11.7 Å². The molecule has 222 valence electrons. The van der Waals surface area contributed by atoms with Gasteiger partial charge in [0.15, 0.2) is 12.6 Å². The largest absolute Gasteiger partial charge is 0.353 e. The molecular weight excluding hydrogens is 494 g/mol. The number of carbonyl (C=O) groups excluding carboxylic acids is 2. The first-order valence-electron chi connectivity index (χ1n) is 15.6. The van der Waals surface area contributed by atoms with Gasteiger partial charge in [-0.3, -0.25) is 9.59 Å². The molecule has 0 N–H and O–H groups in total. The van der Waals surface area contributed by atoms with Crippen LogP contribution in [0.3, 0.4) is 0 Å². The molecule has 2 unspecified atom stereocenters. The summed E-state index contributed by atoms with van der Waals surface area (Å²) in [6, 6.07) is 0. The van der Waals surface area contributed by atoms with E-state index in [1.807, 2.05) is 0 Å². The van der Waals surface area contributed by atoms with Crippen molar-refractivity contribution in [1.82, 2.24) is 4.90 Å². The first-order valence-corrected chi connectivity index (χ1v) is 15.6. The van der Waals surface area contributed by atoms with Crippen molar-refractivity contribution in [3.8, 4) is 0 Å². The Hall–Kier alpha value is -1.54. The van der Waals surface area contributed by atoms with Crippen LogP contribution in [0.4, 0.5) is 0 Å². The Morgan fingerprint density at radius 2 is 1.77 bits per heavy atom. The quantitative estimate of drug-likeness (QED) is 0.165. The molecule has 0 radical (unpaired) electrons. The Labute approximate surface area is 236 Å². The van der Waals surface area contributed by atoms with Crippen LogP contribution in [0.1, 0.15) is 103 Å². The number of hydrogen-bond acceptors (Lipinski definition) is 6. The number of carbonyl (C=O) groups is 2. The van der Waals surface area contributed by atoms with Crippen molar-refractivity contribution in [3.63, 3.8) is 0 Å². The fourth-order valence-electron chi connectivity index (χ4n) is 5.69. The fourth-order valence-corrected chi connectivity index (χ4v) is 5.69. The number of allylic oxidation sites excluding steroid dienone is 3. The Balaban J connectivity index is 1.64. The van der Waals surface area contributed by atoms with Crippen LogP contribution in [0.5, 0.6) is 0 Å². The molecule has 6 atom stereocenters. The van der Waals surface area contributed by atoms with Crippen LogP contribution in [-0.2, 0) is 28.5 Å². The Bertz CT molecular complexity index is 769. The van der Waals surface area contributed by atoms with Gasteiger partial charge in [-0.15, -0.1) is 0 Å². The molecule has 0 bridgehead atoms. The molecule has 3 rings (SSSR count). The number of nitrogens with zero attached hydrogens (tertiary/aromatic N) is 1. The molecule has 0 aromatic carbocycles. The Morgan fingerprint density at radius 1 is 1.03 bits per heavy atom. The lowest BCUT2D eigenvalue weighted by atomic mass is 9.89. The molecule has 0 aromatic heterocycles. The van der Waals surface area contributed by atoms with Crippen LogP contribution in [0, 0.1) is 11.8 Å².